The van der Waals surface area contributed by atoms with Gasteiger partial charge in [0.2, 0.25) is 0 Å². The third-order valence-electron chi connectivity index (χ3n) is 3.38. The number of aromatic carboxylic acids is 1. The summed E-state index contributed by atoms with van der Waals surface area (Å²) in [5, 5.41) is 12.5. The van der Waals surface area contributed by atoms with Crippen molar-refractivity contribution in [2.75, 3.05) is 6.54 Å². The highest BCUT2D eigenvalue weighted by molar-refractivity contribution is 5.94. The van der Waals surface area contributed by atoms with Crippen LogP contribution in [0, 0.1) is 0 Å². The summed E-state index contributed by atoms with van der Waals surface area (Å²) in [4.78, 5) is 15.5. The van der Waals surface area contributed by atoms with Crippen LogP contribution in [0.5, 0.6) is 0 Å². The molecule has 1 fully saturated rings. The summed E-state index contributed by atoms with van der Waals surface area (Å²) in [6.07, 6.45) is 6.99. The van der Waals surface area contributed by atoms with Crippen LogP contribution in [-0.2, 0) is 6.42 Å². The third kappa shape index (κ3) is 1.97. The van der Waals surface area contributed by atoms with E-state index in [9.17, 15) is 4.79 Å². The summed E-state index contributed by atoms with van der Waals surface area (Å²) in [7, 11) is 0. The molecule has 0 amide bonds. The van der Waals surface area contributed by atoms with Crippen LogP contribution in [-0.4, -0.2) is 33.0 Å². The van der Waals surface area contributed by atoms with Crippen LogP contribution in [0.3, 0.4) is 0 Å². The molecule has 2 aromatic rings. The van der Waals surface area contributed by atoms with Crippen LogP contribution in [0.25, 0.3) is 5.65 Å². The van der Waals surface area contributed by atoms with Crippen LogP contribution in [0.2, 0.25) is 0 Å². The van der Waals surface area contributed by atoms with Crippen molar-refractivity contribution in [3.8, 4) is 0 Å². The van der Waals surface area contributed by atoms with Gasteiger partial charge in [0.05, 0.1) is 5.69 Å². The molecule has 3 heterocycles. The molecule has 0 radical (unpaired) electrons. The molecule has 0 bridgehead atoms. The summed E-state index contributed by atoms with van der Waals surface area (Å²) in [5.74, 6) is -0.934. The van der Waals surface area contributed by atoms with Crippen molar-refractivity contribution in [2.24, 2.45) is 0 Å². The zero-order valence-electron chi connectivity index (χ0n) is 9.97. The Balaban J connectivity index is 1.94. The molecule has 0 aromatic carbocycles. The fraction of sp³-hybridized carbons (Fsp3) is 0.385. The Bertz CT molecular complexity index is 585. The normalized spacial score (nSPS) is 19.4. The maximum atomic E-state index is 11.1. The topological polar surface area (TPSA) is 66.6 Å². The Morgan fingerprint density at radius 3 is 3.22 bits per heavy atom. The standard InChI is InChI=1S/C13H15N3O2/c17-13(18)11-4-2-6-16-8-10(15-12(11)16)7-9-3-1-5-14-9/h2,4,6,8-9,14H,1,3,5,7H2,(H,17,18). The predicted octanol–water partition coefficient (Wildman–Crippen LogP) is 1.33. The number of carboxylic acid groups (broad SMARTS) is 1. The van der Waals surface area contributed by atoms with Crippen LogP contribution >= 0.6 is 0 Å². The number of pyridine rings is 1. The summed E-state index contributed by atoms with van der Waals surface area (Å²) < 4.78 is 1.79. The van der Waals surface area contributed by atoms with E-state index in [1.165, 1.54) is 12.8 Å². The number of imidazole rings is 1. The molecule has 1 atom stereocenters. The van der Waals surface area contributed by atoms with Crippen molar-refractivity contribution in [3.05, 3.63) is 35.8 Å². The zero-order valence-corrected chi connectivity index (χ0v) is 9.97. The molecule has 0 aliphatic carbocycles. The average molecular weight is 245 g/mol. The van der Waals surface area contributed by atoms with Gasteiger partial charge in [-0.25, -0.2) is 9.78 Å². The summed E-state index contributed by atoms with van der Waals surface area (Å²) in [6.45, 7) is 1.07. The van der Waals surface area contributed by atoms with E-state index in [-0.39, 0.29) is 5.56 Å². The van der Waals surface area contributed by atoms with Gasteiger partial charge in [0, 0.05) is 24.9 Å². The molecule has 94 valence electrons. The number of carbonyl (C=O) groups is 1. The van der Waals surface area contributed by atoms with Gasteiger partial charge in [-0.15, -0.1) is 0 Å². The molecule has 1 unspecified atom stereocenters. The molecule has 18 heavy (non-hydrogen) atoms. The SMILES string of the molecule is O=C(O)c1cccn2cc(CC3CCCN3)nc12. The Morgan fingerprint density at radius 2 is 2.50 bits per heavy atom. The first-order chi connectivity index (χ1) is 8.74. The molecule has 0 spiro atoms. The van der Waals surface area contributed by atoms with Gasteiger partial charge in [-0.2, -0.15) is 0 Å². The van der Waals surface area contributed by atoms with Crippen molar-refractivity contribution in [2.45, 2.75) is 25.3 Å². The highest BCUT2D eigenvalue weighted by Gasteiger charge is 2.17. The monoisotopic (exact) mass is 245 g/mol. The van der Waals surface area contributed by atoms with E-state index >= 15 is 0 Å². The second-order valence-corrected chi connectivity index (χ2v) is 4.69. The molecule has 1 aliphatic heterocycles. The van der Waals surface area contributed by atoms with E-state index in [1.807, 2.05) is 12.4 Å². The van der Waals surface area contributed by atoms with Crippen LogP contribution in [0.4, 0.5) is 0 Å². The third-order valence-corrected chi connectivity index (χ3v) is 3.38. The Morgan fingerprint density at radius 1 is 1.61 bits per heavy atom. The highest BCUT2D eigenvalue weighted by atomic mass is 16.4. The van der Waals surface area contributed by atoms with E-state index < -0.39 is 5.97 Å². The van der Waals surface area contributed by atoms with Crippen molar-refractivity contribution in [1.29, 1.82) is 0 Å². The molecule has 1 aliphatic rings. The van der Waals surface area contributed by atoms with Gasteiger partial charge in [0.1, 0.15) is 5.56 Å². The summed E-state index contributed by atoms with van der Waals surface area (Å²) in [5.41, 5.74) is 1.73. The second-order valence-electron chi connectivity index (χ2n) is 4.69. The van der Waals surface area contributed by atoms with Gasteiger partial charge in [0.15, 0.2) is 5.65 Å². The minimum Gasteiger partial charge on any atom is -0.478 e. The second kappa shape index (κ2) is 4.42. The zero-order chi connectivity index (χ0) is 12.5. The maximum Gasteiger partial charge on any atom is 0.339 e. The number of hydrogen-bond donors (Lipinski definition) is 2. The van der Waals surface area contributed by atoms with Crippen LogP contribution in [0.1, 0.15) is 28.9 Å². The van der Waals surface area contributed by atoms with E-state index in [4.69, 9.17) is 5.11 Å². The van der Waals surface area contributed by atoms with Crippen molar-refractivity contribution in [1.82, 2.24) is 14.7 Å². The Labute approximate surface area is 104 Å². The lowest BCUT2D eigenvalue weighted by Gasteiger charge is -2.06. The smallest absolute Gasteiger partial charge is 0.339 e. The van der Waals surface area contributed by atoms with Gasteiger partial charge in [-0.05, 0) is 31.5 Å². The first-order valence-corrected chi connectivity index (χ1v) is 6.17. The summed E-state index contributed by atoms with van der Waals surface area (Å²) >= 11 is 0. The van der Waals surface area contributed by atoms with E-state index in [0.717, 1.165) is 18.7 Å². The minimum atomic E-state index is -0.934. The molecule has 5 nitrogen and oxygen atoms in total. The minimum absolute atomic E-state index is 0.253. The maximum absolute atomic E-state index is 11.1. The lowest BCUT2D eigenvalue weighted by atomic mass is 10.1. The number of nitrogens with zero attached hydrogens (tertiary/aromatic N) is 2. The molecule has 2 aromatic heterocycles. The average Bonchev–Trinajstić information content (AvgIpc) is 2.96. The number of nitrogens with one attached hydrogen (secondary N) is 1. The predicted molar refractivity (Wildman–Crippen MR) is 66.9 cm³/mol. The van der Waals surface area contributed by atoms with Gasteiger partial charge in [-0.1, -0.05) is 0 Å². The lowest BCUT2D eigenvalue weighted by molar-refractivity contribution is 0.0698. The quantitative estimate of drug-likeness (QED) is 0.856. The van der Waals surface area contributed by atoms with Gasteiger partial charge < -0.3 is 14.8 Å². The van der Waals surface area contributed by atoms with Gasteiger partial charge in [-0.3, -0.25) is 0 Å². The molecular formula is C13H15N3O2. The number of fused-ring (bicyclic) bond motifs is 1. The van der Waals surface area contributed by atoms with Crippen molar-refractivity contribution >= 4 is 11.6 Å². The fourth-order valence-electron chi connectivity index (χ4n) is 2.51. The van der Waals surface area contributed by atoms with Crippen molar-refractivity contribution in [3.63, 3.8) is 0 Å². The van der Waals surface area contributed by atoms with Gasteiger partial charge >= 0.3 is 5.97 Å². The lowest BCUT2D eigenvalue weighted by Crippen LogP contribution is -2.23. The summed E-state index contributed by atoms with van der Waals surface area (Å²) in [6, 6.07) is 3.79. The number of rotatable bonds is 3. The highest BCUT2D eigenvalue weighted by Crippen LogP contribution is 2.15. The van der Waals surface area contributed by atoms with Crippen LogP contribution in [0.15, 0.2) is 24.5 Å². The number of aromatic nitrogens is 2. The fourth-order valence-corrected chi connectivity index (χ4v) is 2.51. The molecular weight excluding hydrogens is 230 g/mol. The first kappa shape index (κ1) is 11.2. The number of hydrogen-bond acceptors (Lipinski definition) is 3. The van der Waals surface area contributed by atoms with Crippen molar-refractivity contribution < 1.29 is 9.90 Å². The van der Waals surface area contributed by atoms with E-state index in [0.29, 0.717) is 11.7 Å². The van der Waals surface area contributed by atoms with E-state index in [2.05, 4.69) is 10.3 Å². The first-order valence-electron chi connectivity index (χ1n) is 6.17. The largest absolute Gasteiger partial charge is 0.478 e. The molecule has 3 rings (SSSR count). The number of carboxylic acids is 1. The Kier molecular flexibility index (Phi) is 2.76. The molecule has 1 saturated heterocycles. The van der Waals surface area contributed by atoms with Crippen LogP contribution < -0.4 is 5.32 Å². The van der Waals surface area contributed by atoms with E-state index in [1.54, 1.807) is 16.5 Å². The molecule has 0 saturated carbocycles. The Hall–Kier alpha value is -1.88. The molecule has 5 heteroatoms. The molecule has 2 N–H and O–H groups in total. The van der Waals surface area contributed by atoms with Gasteiger partial charge in [0.25, 0.3) is 0 Å².